The molecule has 232 valence electrons. The number of Topliss-reactive ketones (excluding diaryl/α,β-unsaturated/α-hetero) is 4. The molecule has 44 heavy (non-hydrogen) atoms. The van der Waals surface area contributed by atoms with Crippen molar-refractivity contribution in [3.05, 3.63) is 97.1 Å². The third-order valence-electron chi connectivity index (χ3n) is 11.3. The van der Waals surface area contributed by atoms with Gasteiger partial charge in [0, 0.05) is 22.0 Å². The van der Waals surface area contributed by atoms with Crippen LogP contribution in [0.1, 0.15) is 111 Å². The standard InChI is InChI=1S/2C20H24O2/c2*1-2-15-11-14-20(12-7-4-8-13-20)19(22)17(15)18(21)16-9-5-3-6-10-16/h2*2-3,5-6,9-10,15,17H,1,4,7-8,11-14H2/t2*15-,17-/m10/s1. The van der Waals surface area contributed by atoms with E-state index in [-0.39, 0.29) is 45.8 Å². The van der Waals surface area contributed by atoms with Crippen molar-refractivity contribution in [2.75, 3.05) is 0 Å². The number of hydrogen-bond acceptors (Lipinski definition) is 4. The van der Waals surface area contributed by atoms with E-state index >= 15 is 0 Å². The van der Waals surface area contributed by atoms with Gasteiger partial charge in [-0.2, -0.15) is 0 Å². The van der Waals surface area contributed by atoms with Crippen LogP contribution in [0, 0.1) is 34.5 Å². The lowest BCUT2D eigenvalue weighted by Crippen LogP contribution is -2.47. The van der Waals surface area contributed by atoms with Crippen molar-refractivity contribution in [2.24, 2.45) is 34.5 Å². The minimum absolute atomic E-state index is 0.00671. The summed E-state index contributed by atoms with van der Waals surface area (Å²) in [4.78, 5) is 52.3. The van der Waals surface area contributed by atoms with Crippen LogP contribution < -0.4 is 0 Å². The number of rotatable bonds is 6. The SMILES string of the molecule is C=C[C@@H]1CCC2(CCCCC2)C(=O)[C@H]1C(=O)c1ccccc1.C=C[C@H]1CCC2(CCCCC2)C(=O)[C@@H]1C(=O)c1ccccc1. The fourth-order valence-electron chi connectivity index (χ4n) is 8.66. The quantitative estimate of drug-likeness (QED) is 0.190. The topological polar surface area (TPSA) is 68.3 Å². The molecule has 4 heteroatoms. The zero-order valence-electron chi connectivity index (χ0n) is 26.2. The molecule has 4 aliphatic rings. The second-order valence-corrected chi connectivity index (χ2v) is 13.7. The maximum absolute atomic E-state index is 13.2. The zero-order valence-corrected chi connectivity index (χ0v) is 26.2. The minimum Gasteiger partial charge on any atom is -0.298 e. The van der Waals surface area contributed by atoms with Gasteiger partial charge < -0.3 is 0 Å². The van der Waals surface area contributed by atoms with Gasteiger partial charge in [-0.05, 0) is 63.2 Å². The molecule has 0 aliphatic heterocycles. The number of carbonyl (C=O) groups excluding carboxylic acids is 4. The van der Waals surface area contributed by atoms with Crippen LogP contribution in [0.25, 0.3) is 0 Å². The lowest BCUT2D eigenvalue weighted by atomic mass is 9.57. The van der Waals surface area contributed by atoms with E-state index in [9.17, 15) is 19.2 Å². The van der Waals surface area contributed by atoms with E-state index in [1.807, 2.05) is 72.8 Å². The zero-order chi connectivity index (χ0) is 31.2. The van der Waals surface area contributed by atoms with Gasteiger partial charge in [-0.3, -0.25) is 19.2 Å². The molecule has 2 aromatic carbocycles. The van der Waals surface area contributed by atoms with Gasteiger partial charge >= 0.3 is 0 Å². The van der Waals surface area contributed by atoms with Crippen LogP contribution in [0.4, 0.5) is 0 Å². The van der Waals surface area contributed by atoms with Crippen LogP contribution in [-0.4, -0.2) is 23.1 Å². The molecule has 4 fully saturated rings. The average Bonchev–Trinajstić information content (AvgIpc) is 3.08. The number of carbonyl (C=O) groups is 4. The third-order valence-corrected chi connectivity index (χ3v) is 11.3. The van der Waals surface area contributed by atoms with Crippen molar-refractivity contribution in [3.63, 3.8) is 0 Å². The maximum atomic E-state index is 13.2. The normalized spacial score (nSPS) is 27.5. The van der Waals surface area contributed by atoms with Gasteiger partial charge in [0.2, 0.25) is 0 Å². The molecule has 6 rings (SSSR count). The Morgan fingerprint density at radius 1 is 0.545 bits per heavy atom. The van der Waals surface area contributed by atoms with Gasteiger partial charge in [0.25, 0.3) is 0 Å². The Morgan fingerprint density at radius 2 is 0.886 bits per heavy atom. The highest BCUT2D eigenvalue weighted by atomic mass is 16.2. The molecule has 4 saturated carbocycles. The molecule has 0 bridgehead atoms. The van der Waals surface area contributed by atoms with Crippen molar-refractivity contribution in [1.29, 1.82) is 0 Å². The highest BCUT2D eigenvalue weighted by Gasteiger charge is 2.51. The van der Waals surface area contributed by atoms with Crippen LogP contribution in [-0.2, 0) is 9.59 Å². The summed E-state index contributed by atoms with van der Waals surface area (Å²) in [5.74, 6) is -0.700. The van der Waals surface area contributed by atoms with E-state index < -0.39 is 11.8 Å². The molecule has 0 N–H and O–H groups in total. The number of hydrogen-bond donors (Lipinski definition) is 0. The second kappa shape index (κ2) is 14.1. The van der Waals surface area contributed by atoms with Gasteiger partial charge in [-0.1, -0.05) is 111 Å². The molecule has 4 aliphatic carbocycles. The molecule has 0 aromatic heterocycles. The summed E-state index contributed by atoms with van der Waals surface area (Å²) in [6.07, 6.45) is 18.1. The average molecular weight is 593 g/mol. The van der Waals surface area contributed by atoms with Crippen molar-refractivity contribution >= 4 is 23.1 Å². The Bertz CT molecular complexity index is 1240. The predicted molar refractivity (Wildman–Crippen MR) is 175 cm³/mol. The number of benzene rings is 2. The lowest BCUT2D eigenvalue weighted by molar-refractivity contribution is -0.139. The Hall–Kier alpha value is -3.40. The monoisotopic (exact) mass is 592 g/mol. The van der Waals surface area contributed by atoms with Crippen molar-refractivity contribution < 1.29 is 19.2 Å². The van der Waals surface area contributed by atoms with E-state index in [0.717, 1.165) is 77.0 Å². The Kier molecular flexibility index (Phi) is 10.3. The highest BCUT2D eigenvalue weighted by Crippen LogP contribution is 2.50. The summed E-state index contributed by atoms with van der Waals surface area (Å²) < 4.78 is 0. The van der Waals surface area contributed by atoms with Gasteiger partial charge in [0.05, 0.1) is 11.8 Å². The predicted octanol–water partition coefficient (Wildman–Crippen LogP) is 9.20. The van der Waals surface area contributed by atoms with Crippen molar-refractivity contribution in [2.45, 2.75) is 89.9 Å². The van der Waals surface area contributed by atoms with E-state index in [0.29, 0.717) is 11.1 Å². The van der Waals surface area contributed by atoms with Crippen LogP contribution in [0.2, 0.25) is 0 Å². The first-order valence-corrected chi connectivity index (χ1v) is 16.9. The lowest BCUT2D eigenvalue weighted by Gasteiger charge is -2.44. The smallest absolute Gasteiger partial charge is 0.173 e. The van der Waals surface area contributed by atoms with E-state index in [2.05, 4.69) is 13.2 Å². The third kappa shape index (κ3) is 6.36. The number of allylic oxidation sites excluding steroid dienone is 2. The van der Waals surface area contributed by atoms with Crippen LogP contribution in [0.15, 0.2) is 86.0 Å². The highest BCUT2D eigenvalue weighted by molar-refractivity contribution is 6.13. The molecule has 0 heterocycles. The fourth-order valence-corrected chi connectivity index (χ4v) is 8.66. The summed E-state index contributed by atoms with van der Waals surface area (Å²) in [5, 5.41) is 0. The molecule has 4 atom stereocenters. The van der Waals surface area contributed by atoms with Crippen molar-refractivity contribution in [3.8, 4) is 0 Å². The molecule has 0 unspecified atom stereocenters. The summed E-state index contributed by atoms with van der Waals surface area (Å²) in [6, 6.07) is 18.5. The molecule has 4 nitrogen and oxygen atoms in total. The van der Waals surface area contributed by atoms with Gasteiger partial charge in [0.15, 0.2) is 11.6 Å². The van der Waals surface area contributed by atoms with Crippen LogP contribution in [0.5, 0.6) is 0 Å². The first kappa shape index (κ1) is 32.0. The summed E-state index contributed by atoms with van der Waals surface area (Å²) in [6.45, 7) is 7.75. The first-order valence-electron chi connectivity index (χ1n) is 16.9. The summed E-state index contributed by atoms with van der Waals surface area (Å²) >= 11 is 0. The maximum Gasteiger partial charge on any atom is 0.173 e. The molecule has 0 radical (unpaired) electrons. The van der Waals surface area contributed by atoms with Gasteiger partial charge in [0.1, 0.15) is 11.6 Å². The van der Waals surface area contributed by atoms with Crippen LogP contribution in [0.3, 0.4) is 0 Å². The van der Waals surface area contributed by atoms with Gasteiger partial charge in [-0.15, -0.1) is 13.2 Å². The van der Waals surface area contributed by atoms with Crippen molar-refractivity contribution in [1.82, 2.24) is 0 Å². The molecule has 0 saturated heterocycles. The van der Waals surface area contributed by atoms with Gasteiger partial charge in [-0.25, -0.2) is 0 Å². The number of ketones is 4. The Labute approximate surface area is 263 Å². The molecule has 0 amide bonds. The van der Waals surface area contributed by atoms with E-state index in [1.54, 1.807) is 0 Å². The summed E-state index contributed by atoms with van der Waals surface area (Å²) in [7, 11) is 0. The molecule has 2 spiro atoms. The molecular formula is C40H48O4. The molecular weight excluding hydrogens is 544 g/mol. The second-order valence-electron chi connectivity index (χ2n) is 13.7. The summed E-state index contributed by atoms with van der Waals surface area (Å²) in [5.41, 5.74) is 0.848. The minimum atomic E-state index is -0.522. The Morgan fingerprint density at radius 3 is 1.20 bits per heavy atom. The Balaban J connectivity index is 0.000000175. The van der Waals surface area contributed by atoms with E-state index in [1.165, 1.54) is 12.8 Å². The fraction of sp³-hybridized carbons (Fsp3) is 0.500. The first-order chi connectivity index (χ1) is 21.4. The largest absolute Gasteiger partial charge is 0.298 e. The van der Waals surface area contributed by atoms with E-state index in [4.69, 9.17) is 0 Å². The molecule has 2 aromatic rings. The van der Waals surface area contributed by atoms with Crippen LogP contribution >= 0.6 is 0 Å².